The number of aliphatic carboxylic acids is 1. The number of benzene rings is 3. The summed E-state index contributed by atoms with van der Waals surface area (Å²) in [6, 6.07) is 20.1. The van der Waals surface area contributed by atoms with E-state index in [9.17, 15) is 26.7 Å². The molecule has 1 aromatic heterocycles. The van der Waals surface area contributed by atoms with Gasteiger partial charge in [-0.05, 0) is 40.8 Å². The summed E-state index contributed by atoms with van der Waals surface area (Å²) in [6.45, 7) is 3.18. The molecule has 1 heterocycles. The van der Waals surface area contributed by atoms with Gasteiger partial charge in [-0.15, -0.1) is 0 Å². The fourth-order valence-corrected chi connectivity index (χ4v) is 6.55. The number of carboxylic acids is 1. The standard InChI is InChI=1S/C26H25NO7S2/c1-17(2)25(26(28)29)27-36(32,33)21-12-13-22(18-8-4-3-5-9-18)20(14-21)16-35(30,31)24-15-19-10-6-7-11-23(19)34-24/h3-15,17,25,27H,16H2,1-2H3,(H,28,29). The quantitative estimate of drug-likeness (QED) is 0.329. The van der Waals surface area contributed by atoms with Crippen molar-refractivity contribution in [2.24, 2.45) is 5.92 Å². The molecular formula is C26H25NO7S2. The Kier molecular flexibility index (Phi) is 7.03. The predicted octanol–water partition coefficient (Wildman–Crippen LogP) is 4.46. The van der Waals surface area contributed by atoms with Gasteiger partial charge >= 0.3 is 5.97 Å². The zero-order valence-corrected chi connectivity index (χ0v) is 21.2. The second-order valence-corrected chi connectivity index (χ2v) is 12.4. The molecule has 4 rings (SSSR count). The number of hydrogen-bond donors (Lipinski definition) is 2. The minimum absolute atomic E-state index is 0.222. The number of para-hydroxylation sites is 1. The number of furan rings is 1. The summed E-state index contributed by atoms with van der Waals surface area (Å²) in [6.07, 6.45) is 0. The highest BCUT2D eigenvalue weighted by atomic mass is 32.2. The maximum Gasteiger partial charge on any atom is 0.322 e. The molecule has 188 valence electrons. The summed E-state index contributed by atoms with van der Waals surface area (Å²) in [7, 11) is -8.25. The molecule has 0 aliphatic heterocycles. The van der Waals surface area contributed by atoms with Crippen LogP contribution in [0.25, 0.3) is 22.1 Å². The van der Waals surface area contributed by atoms with E-state index in [1.54, 1.807) is 62.4 Å². The fourth-order valence-electron chi connectivity index (χ4n) is 3.85. The molecule has 3 aromatic carbocycles. The lowest BCUT2D eigenvalue weighted by molar-refractivity contribution is -0.140. The Labute approximate surface area is 209 Å². The Hall–Kier alpha value is -3.47. The molecule has 0 bridgehead atoms. The number of sulfone groups is 1. The van der Waals surface area contributed by atoms with Crippen LogP contribution in [0.2, 0.25) is 0 Å². The van der Waals surface area contributed by atoms with Gasteiger partial charge in [0.15, 0.2) is 0 Å². The van der Waals surface area contributed by atoms with Crippen molar-refractivity contribution in [1.82, 2.24) is 4.72 Å². The zero-order valence-electron chi connectivity index (χ0n) is 19.6. The number of fused-ring (bicyclic) bond motifs is 1. The van der Waals surface area contributed by atoms with Gasteiger partial charge in [0, 0.05) is 11.5 Å². The topological polar surface area (TPSA) is 131 Å². The second-order valence-electron chi connectivity index (χ2n) is 8.73. The van der Waals surface area contributed by atoms with Crippen LogP contribution in [0.4, 0.5) is 0 Å². The molecule has 36 heavy (non-hydrogen) atoms. The second kappa shape index (κ2) is 9.88. The first-order valence-electron chi connectivity index (χ1n) is 11.1. The Morgan fingerprint density at radius 3 is 2.22 bits per heavy atom. The average molecular weight is 528 g/mol. The third kappa shape index (κ3) is 5.35. The molecule has 1 atom stereocenters. The molecule has 0 aliphatic carbocycles. The monoisotopic (exact) mass is 527 g/mol. The van der Waals surface area contributed by atoms with E-state index in [1.807, 2.05) is 6.07 Å². The molecule has 0 spiro atoms. The van der Waals surface area contributed by atoms with E-state index in [0.717, 1.165) is 0 Å². The molecule has 1 unspecified atom stereocenters. The Morgan fingerprint density at radius 2 is 1.58 bits per heavy atom. The smallest absolute Gasteiger partial charge is 0.322 e. The van der Waals surface area contributed by atoms with Gasteiger partial charge in [-0.1, -0.05) is 68.4 Å². The highest BCUT2D eigenvalue weighted by Crippen LogP contribution is 2.31. The van der Waals surface area contributed by atoms with Gasteiger partial charge in [-0.3, -0.25) is 4.79 Å². The predicted molar refractivity (Wildman–Crippen MR) is 136 cm³/mol. The normalized spacial score (nSPS) is 13.2. The number of carbonyl (C=O) groups is 1. The first-order chi connectivity index (χ1) is 17.0. The Bertz CT molecular complexity index is 1590. The third-order valence-electron chi connectivity index (χ3n) is 5.74. The Morgan fingerprint density at radius 1 is 0.917 bits per heavy atom. The number of nitrogens with one attached hydrogen (secondary N) is 1. The van der Waals surface area contributed by atoms with E-state index in [0.29, 0.717) is 22.1 Å². The highest BCUT2D eigenvalue weighted by Gasteiger charge is 2.29. The van der Waals surface area contributed by atoms with Crippen LogP contribution in [-0.2, 0) is 30.4 Å². The van der Waals surface area contributed by atoms with Crippen LogP contribution < -0.4 is 4.72 Å². The molecule has 0 saturated heterocycles. The molecular weight excluding hydrogens is 502 g/mol. The van der Waals surface area contributed by atoms with Crippen LogP contribution in [-0.4, -0.2) is 34.0 Å². The molecule has 0 amide bonds. The lowest BCUT2D eigenvalue weighted by Gasteiger charge is -2.19. The maximum atomic E-state index is 13.3. The molecule has 0 aliphatic rings. The minimum Gasteiger partial charge on any atom is -0.480 e. The molecule has 10 heteroatoms. The van der Waals surface area contributed by atoms with E-state index >= 15 is 0 Å². The van der Waals surface area contributed by atoms with Gasteiger partial charge < -0.3 is 9.52 Å². The van der Waals surface area contributed by atoms with Gasteiger partial charge in [0.1, 0.15) is 11.6 Å². The summed E-state index contributed by atoms with van der Waals surface area (Å²) < 4.78 is 60.6. The number of carboxylic acid groups (broad SMARTS) is 1. The van der Waals surface area contributed by atoms with Crippen LogP contribution in [0.3, 0.4) is 0 Å². The van der Waals surface area contributed by atoms with Crippen molar-refractivity contribution in [3.63, 3.8) is 0 Å². The fraction of sp³-hybridized carbons (Fsp3) is 0.192. The largest absolute Gasteiger partial charge is 0.480 e. The van der Waals surface area contributed by atoms with E-state index < -0.39 is 43.5 Å². The van der Waals surface area contributed by atoms with Crippen molar-refractivity contribution in [3.05, 3.63) is 84.4 Å². The van der Waals surface area contributed by atoms with Gasteiger partial charge in [-0.25, -0.2) is 16.8 Å². The molecule has 0 radical (unpaired) electrons. The maximum absolute atomic E-state index is 13.3. The van der Waals surface area contributed by atoms with Crippen LogP contribution >= 0.6 is 0 Å². The molecule has 0 fully saturated rings. The van der Waals surface area contributed by atoms with Gasteiger partial charge in [-0.2, -0.15) is 4.72 Å². The van der Waals surface area contributed by atoms with Crippen molar-refractivity contribution in [2.75, 3.05) is 0 Å². The minimum atomic E-state index is -4.26. The van der Waals surface area contributed by atoms with Gasteiger partial charge in [0.25, 0.3) is 0 Å². The van der Waals surface area contributed by atoms with Crippen LogP contribution in [0.15, 0.2) is 93.3 Å². The first kappa shape index (κ1) is 25.6. The summed E-state index contributed by atoms with van der Waals surface area (Å²) in [5.74, 6) is -2.33. The SMILES string of the molecule is CC(C)C(NS(=O)(=O)c1ccc(-c2ccccc2)c(CS(=O)(=O)c2cc3ccccc3o2)c1)C(=O)O. The van der Waals surface area contributed by atoms with E-state index in [2.05, 4.69) is 4.72 Å². The average Bonchev–Trinajstić information content (AvgIpc) is 3.28. The van der Waals surface area contributed by atoms with E-state index in [4.69, 9.17) is 4.42 Å². The molecule has 0 saturated carbocycles. The van der Waals surface area contributed by atoms with Crippen molar-refractivity contribution in [1.29, 1.82) is 0 Å². The summed E-state index contributed by atoms with van der Waals surface area (Å²) >= 11 is 0. The number of rotatable bonds is 9. The molecule has 2 N–H and O–H groups in total. The first-order valence-corrected chi connectivity index (χ1v) is 14.3. The van der Waals surface area contributed by atoms with Gasteiger partial charge in [0.2, 0.25) is 25.0 Å². The van der Waals surface area contributed by atoms with Crippen molar-refractivity contribution in [2.45, 2.75) is 35.6 Å². The van der Waals surface area contributed by atoms with Crippen molar-refractivity contribution >= 4 is 36.8 Å². The lowest BCUT2D eigenvalue weighted by Crippen LogP contribution is -2.44. The Balaban J connectivity index is 1.79. The summed E-state index contributed by atoms with van der Waals surface area (Å²) in [5, 5.41) is 9.83. The van der Waals surface area contributed by atoms with Crippen LogP contribution in [0, 0.1) is 5.92 Å². The van der Waals surface area contributed by atoms with Crippen LogP contribution in [0.1, 0.15) is 19.4 Å². The number of sulfonamides is 1. The summed E-state index contributed by atoms with van der Waals surface area (Å²) in [4.78, 5) is 11.3. The molecule has 4 aromatic rings. The van der Waals surface area contributed by atoms with E-state index in [-0.39, 0.29) is 15.6 Å². The number of hydrogen-bond acceptors (Lipinski definition) is 6. The van der Waals surface area contributed by atoms with E-state index in [1.165, 1.54) is 24.3 Å². The van der Waals surface area contributed by atoms with Crippen molar-refractivity contribution < 1.29 is 31.2 Å². The summed E-state index contributed by atoms with van der Waals surface area (Å²) in [5.41, 5.74) is 1.90. The highest BCUT2D eigenvalue weighted by molar-refractivity contribution is 7.90. The third-order valence-corrected chi connectivity index (χ3v) is 8.69. The van der Waals surface area contributed by atoms with Gasteiger partial charge in [0.05, 0.1) is 10.6 Å². The zero-order chi connectivity index (χ0) is 26.1. The van der Waals surface area contributed by atoms with Crippen molar-refractivity contribution in [3.8, 4) is 11.1 Å². The molecule has 8 nitrogen and oxygen atoms in total. The van der Waals surface area contributed by atoms with Crippen LogP contribution in [0.5, 0.6) is 0 Å². The lowest BCUT2D eigenvalue weighted by atomic mass is 10.0.